The maximum absolute atomic E-state index is 13.1. The van der Waals surface area contributed by atoms with Crippen molar-refractivity contribution in [2.45, 2.75) is 97.6 Å². The number of benzene rings is 2. The Kier molecular flexibility index (Phi) is 16.7. The number of methoxy groups -OCH3 is 1. The molecule has 0 spiro atoms. The van der Waals surface area contributed by atoms with Crippen LogP contribution >= 0.6 is 34.8 Å². The lowest BCUT2D eigenvalue weighted by molar-refractivity contribution is -0.132. The lowest BCUT2D eigenvalue weighted by Crippen LogP contribution is -2.43. The second kappa shape index (κ2) is 18.5. The van der Waals surface area contributed by atoms with Gasteiger partial charge in [-0.2, -0.15) is 0 Å². The molecule has 0 aliphatic heterocycles. The molecule has 2 N–H and O–H groups in total. The van der Waals surface area contributed by atoms with Crippen molar-refractivity contribution in [3.8, 4) is 5.75 Å². The van der Waals surface area contributed by atoms with E-state index in [1.165, 1.54) is 0 Å². The van der Waals surface area contributed by atoms with E-state index in [-0.39, 0.29) is 28.6 Å². The molecule has 0 bridgehead atoms. The highest BCUT2D eigenvalue weighted by Crippen LogP contribution is 2.35. The Hall–Kier alpha value is -1.99. The molecule has 0 saturated carbocycles. The predicted molar refractivity (Wildman–Crippen MR) is 171 cm³/mol. The molecule has 0 fully saturated rings. The lowest BCUT2D eigenvalue weighted by atomic mass is 9.77. The van der Waals surface area contributed by atoms with Gasteiger partial charge in [-0.05, 0) is 68.5 Å². The topological polar surface area (TPSA) is 78.9 Å². The number of aromatic hydroxyl groups is 1. The van der Waals surface area contributed by atoms with Crippen molar-refractivity contribution in [2.24, 2.45) is 0 Å². The largest absolute Gasteiger partial charge is 0.506 e. The third-order valence-corrected chi connectivity index (χ3v) is 8.31. The second-order valence-electron chi connectivity index (χ2n) is 10.6. The van der Waals surface area contributed by atoms with Gasteiger partial charge in [-0.25, -0.2) is 0 Å². The molecule has 0 aliphatic rings. The molecular formula is C32H47Cl3N2O4. The van der Waals surface area contributed by atoms with Crippen molar-refractivity contribution in [1.82, 2.24) is 10.2 Å². The van der Waals surface area contributed by atoms with Gasteiger partial charge in [0.15, 0.2) is 0 Å². The molecule has 230 valence electrons. The summed E-state index contributed by atoms with van der Waals surface area (Å²) in [7, 11) is 1.67. The zero-order valence-corrected chi connectivity index (χ0v) is 27.8. The molecule has 0 radical (unpaired) electrons. The van der Waals surface area contributed by atoms with Crippen LogP contribution in [0.2, 0.25) is 15.1 Å². The number of hydrogen-bond donors (Lipinski definition) is 2. The molecule has 0 aromatic heterocycles. The van der Waals surface area contributed by atoms with Crippen molar-refractivity contribution in [3.63, 3.8) is 0 Å². The average molecular weight is 630 g/mol. The minimum atomic E-state index is -0.744. The normalized spacial score (nSPS) is 13.1. The highest BCUT2D eigenvalue weighted by Gasteiger charge is 2.35. The minimum absolute atomic E-state index is 0.00827. The predicted octanol–water partition coefficient (Wildman–Crippen LogP) is 8.74. The number of carbonyl (C=O) groups is 2. The molecule has 1 unspecified atom stereocenters. The van der Waals surface area contributed by atoms with Crippen molar-refractivity contribution < 1.29 is 19.4 Å². The van der Waals surface area contributed by atoms with E-state index < -0.39 is 5.41 Å². The Bertz CT molecular complexity index is 1110. The molecule has 2 amide bonds. The van der Waals surface area contributed by atoms with Gasteiger partial charge in [0.05, 0.1) is 33.1 Å². The first-order valence-electron chi connectivity index (χ1n) is 14.4. The summed E-state index contributed by atoms with van der Waals surface area (Å²) in [6.07, 6.45) is 5.94. The summed E-state index contributed by atoms with van der Waals surface area (Å²) < 4.78 is 5.04. The average Bonchev–Trinajstić information content (AvgIpc) is 2.92. The highest BCUT2D eigenvalue weighted by atomic mass is 35.5. The van der Waals surface area contributed by atoms with Gasteiger partial charge < -0.3 is 20.1 Å². The van der Waals surface area contributed by atoms with Crippen LogP contribution in [0, 0.1) is 0 Å². The summed E-state index contributed by atoms with van der Waals surface area (Å²) in [6.45, 7) is 13.1. The molecular weight excluding hydrogens is 583 g/mol. The van der Waals surface area contributed by atoms with E-state index in [0.717, 1.165) is 49.8 Å². The zero-order valence-electron chi connectivity index (χ0n) is 25.5. The number of nitrogens with zero attached hydrogens (tertiary/aromatic N) is 1. The third-order valence-electron chi connectivity index (χ3n) is 7.25. The fraction of sp³-hybridized carbons (Fsp3) is 0.562. The summed E-state index contributed by atoms with van der Waals surface area (Å²) in [6, 6.07) is 10.4. The molecule has 0 aliphatic carbocycles. The van der Waals surface area contributed by atoms with Crippen LogP contribution in [0.3, 0.4) is 0 Å². The monoisotopic (exact) mass is 628 g/mol. The Morgan fingerprint density at radius 1 is 0.976 bits per heavy atom. The third kappa shape index (κ3) is 11.3. The first-order chi connectivity index (χ1) is 19.4. The van der Waals surface area contributed by atoms with E-state index >= 15 is 0 Å². The van der Waals surface area contributed by atoms with Gasteiger partial charge in [0.25, 0.3) is 0 Å². The molecule has 2 aromatic carbocycles. The molecule has 6 nitrogen and oxygen atoms in total. The van der Waals surface area contributed by atoms with Gasteiger partial charge in [-0.15, -0.1) is 0 Å². The summed E-state index contributed by atoms with van der Waals surface area (Å²) in [5.41, 5.74) is 0.844. The number of carbonyl (C=O) groups excluding carboxylic acids is 2. The van der Waals surface area contributed by atoms with Gasteiger partial charge in [-0.3, -0.25) is 9.59 Å². The summed E-state index contributed by atoms with van der Waals surface area (Å²) in [5.74, 6) is 0.0460. The number of nitrogens with one attached hydrogen (secondary N) is 1. The van der Waals surface area contributed by atoms with Crippen LogP contribution in [-0.4, -0.2) is 48.1 Å². The number of halogens is 3. The first kappa shape index (κ1) is 37.0. The maximum Gasteiger partial charge on any atom is 0.230 e. The molecule has 2 atom stereocenters. The van der Waals surface area contributed by atoms with Crippen LogP contribution in [0.1, 0.15) is 97.2 Å². The van der Waals surface area contributed by atoms with Crippen molar-refractivity contribution in [1.29, 1.82) is 0 Å². The summed E-state index contributed by atoms with van der Waals surface area (Å²) in [4.78, 5) is 26.6. The number of rotatable bonds is 14. The Balaban J connectivity index is 0.000000479. The Labute approximate surface area is 261 Å². The quantitative estimate of drug-likeness (QED) is 0.219. The summed E-state index contributed by atoms with van der Waals surface area (Å²) in [5, 5.41) is 14.0. The van der Waals surface area contributed by atoms with E-state index in [9.17, 15) is 14.7 Å². The fourth-order valence-electron chi connectivity index (χ4n) is 4.88. The van der Waals surface area contributed by atoms with E-state index in [2.05, 4.69) is 19.2 Å². The molecule has 9 heteroatoms. The molecule has 0 saturated heterocycles. The standard InChI is InChI=1S/C20H22Cl3NO2.C12H25NO2/c1-4-9-20(3,14-6-8-15(21)17(23)11-14)19(26)24-12(2)13-5-7-16(22)18(25)10-13;1-5-7-12(8-6-2)13(11(3)14)9-10-15-4/h5-8,10-12,25H,4,9H2,1-3H3,(H,24,26);12H,5-10H2,1-4H3/t12-,20?;/m1./s1. The lowest BCUT2D eigenvalue weighted by Gasteiger charge is -2.31. The van der Waals surface area contributed by atoms with Crippen LogP contribution in [0.4, 0.5) is 0 Å². The Morgan fingerprint density at radius 2 is 1.59 bits per heavy atom. The molecule has 41 heavy (non-hydrogen) atoms. The van der Waals surface area contributed by atoms with Crippen molar-refractivity contribution in [2.75, 3.05) is 20.3 Å². The van der Waals surface area contributed by atoms with Gasteiger partial charge in [0.1, 0.15) is 5.75 Å². The molecule has 2 rings (SSSR count). The van der Waals surface area contributed by atoms with Crippen LogP contribution in [-0.2, 0) is 19.7 Å². The number of hydrogen-bond acceptors (Lipinski definition) is 4. The van der Waals surface area contributed by atoms with Crippen LogP contribution < -0.4 is 5.32 Å². The van der Waals surface area contributed by atoms with E-state index in [1.54, 1.807) is 44.4 Å². The number of phenolic OH excluding ortho intramolecular Hbond substituents is 1. The van der Waals surface area contributed by atoms with Crippen LogP contribution in [0.5, 0.6) is 5.75 Å². The summed E-state index contributed by atoms with van der Waals surface area (Å²) >= 11 is 18.0. The van der Waals surface area contributed by atoms with Crippen LogP contribution in [0.15, 0.2) is 36.4 Å². The van der Waals surface area contributed by atoms with Gasteiger partial charge in [-0.1, -0.05) is 87.0 Å². The van der Waals surface area contributed by atoms with Gasteiger partial charge >= 0.3 is 0 Å². The van der Waals surface area contributed by atoms with Crippen molar-refractivity contribution >= 4 is 46.6 Å². The fourth-order valence-corrected chi connectivity index (χ4v) is 5.29. The van der Waals surface area contributed by atoms with Crippen molar-refractivity contribution in [3.05, 3.63) is 62.6 Å². The smallest absolute Gasteiger partial charge is 0.230 e. The van der Waals surface area contributed by atoms with E-state index in [4.69, 9.17) is 39.5 Å². The van der Waals surface area contributed by atoms with E-state index in [0.29, 0.717) is 29.1 Å². The maximum atomic E-state index is 13.1. The number of phenols is 1. The molecule has 0 heterocycles. The zero-order chi connectivity index (χ0) is 31.2. The van der Waals surface area contributed by atoms with Gasteiger partial charge in [0, 0.05) is 26.6 Å². The minimum Gasteiger partial charge on any atom is -0.506 e. The second-order valence-corrected chi connectivity index (χ2v) is 11.8. The first-order valence-corrected chi connectivity index (χ1v) is 15.5. The number of ether oxygens (including phenoxy) is 1. The van der Waals surface area contributed by atoms with Crippen LogP contribution in [0.25, 0.3) is 0 Å². The van der Waals surface area contributed by atoms with E-state index in [1.807, 2.05) is 31.7 Å². The highest BCUT2D eigenvalue weighted by molar-refractivity contribution is 6.42. The SMILES string of the molecule is CCCC(C)(C(=O)N[C@H](C)c1ccc(Cl)c(O)c1)c1ccc(Cl)c(Cl)c1.CCCC(CCC)N(CCOC)C(C)=O. The number of amides is 2. The Morgan fingerprint density at radius 3 is 2.07 bits per heavy atom. The van der Waals surface area contributed by atoms with Gasteiger partial charge in [0.2, 0.25) is 11.8 Å². The molecule has 2 aromatic rings.